The number of thiazole rings is 1. The molecule has 1 aromatic carbocycles. The van der Waals surface area contributed by atoms with E-state index < -0.39 is 0 Å². The van der Waals surface area contributed by atoms with E-state index in [1.807, 2.05) is 50.4 Å². The molecule has 0 spiro atoms. The Hall–Kier alpha value is -3.13. The van der Waals surface area contributed by atoms with Gasteiger partial charge in [0.1, 0.15) is 5.69 Å². The van der Waals surface area contributed by atoms with Gasteiger partial charge in [0.05, 0.1) is 6.61 Å². The fourth-order valence-corrected chi connectivity index (χ4v) is 3.67. The first-order valence-electron chi connectivity index (χ1n) is 9.06. The number of para-hydroxylation sites is 1. The molecule has 0 bridgehead atoms. The normalized spacial score (nSPS) is 11.1. The number of fused-ring (bicyclic) bond motifs is 1. The van der Waals surface area contributed by atoms with Crippen molar-refractivity contribution in [1.82, 2.24) is 14.8 Å². The van der Waals surface area contributed by atoms with Crippen molar-refractivity contribution < 1.29 is 13.9 Å². The Balaban J connectivity index is 1.56. The lowest BCUT2D eigenvalue weighted by Gasteiger charge is -2.02. The van der Waals surface area contributed by atoms with Gasteiger partial charge in [0, 0.05) is 23.0 Å². The van der Waals surface area contributed by atoms with Gasteiger partial charge < -0.3 is 9.15 Å². The average Bonchev–Trinajstić information content (AvgIpc) is 3.39. The molecule has 0 fully saturated rings. The molecule has 0 aliphatic heterocycles. The molecule has 7 nitrogen and oxygen atoms in total. The smallest absolute Gasteiger partial charge is 0.277 e. The van der Waals surface area contributed by atoms with Crippen molar-refractivity contribution in [3.63, 3.8) is 0 Å². The van der Waals surface area contributed by atoms with Crippen molar-refractivity contribution in [3.8, 4) is 17.2 Å². The second kappa shape index (κ2) is 7.47. The summed E-state index contributed by atoms with van der Waals surface area (Å²) in [6, 6.07) is 9.46. The Morgan fingerprint density at radius 1 is 1.32 bits per heavy atom. The second-order valence-corrected chi connectivity index (χ2v) is 7.06. The molecular formula is C20H20N4O3S. The van der Waals surface area contributed by atoms with Crippen LogP contribution in [-0.4, -0.2) is 27.3 Å². The summed E-state index contributed by atoms with van der Waals surface area (Å²) in [5.41, 5.74) is 2.67. The third-order valence-electron chi connectivity index (χ3n) is 4.30. The fraction of sp³-hybridized carbons (Fsp3) is 0.250. The van der Waals surface area contributed by atoms with E-state index in [4.69, 9.17) is 9.15 Å². The summed E-state index contributed by atoms with van der Waals surface area (Å²) >= 11 is 1.34. The highest BCUT2D eigenvalue weighted by Gasteiger charge is 2.16. The van der Waals surface area contributed by atoms with Crippen molar-refractivity contribution in [3.05, 3.63) is 47.1 Å². The number of benzene rings is 1. The number of hydrogen-bond acceptors (Lipinski definition) is 6. The summed E-state index contributed by atoms with van der Waals surface area (Å²) in [5.74, 6) is 1.06. The summed E-state index contributed by atoms with van der Waals surface area (Å²) in [5, 5.41) is 10.4. The van der Waals surface area contributed by atoms with Crippen LogP contribution < -0.4 is 10.1 Å². The standard InChI is InChI=1S/C20H20N4O3S/c1-4-24-12(3)9-14(23-24)19(25)22-20-21-15(11-28-20)17-10-13-7-6-8-16(26-5-2)18(13)27-17/h6-11H,4-5H2,1-3H3,(H,21,22,25). The summed E-state index contributed by atoms with van der Waals surface area (Å²) in [4.78, 5) is 16.9. The lowest BCUT2D eigenvalue weighted by molar-refractivity contribution is 0.102. The van der Waals surface area contributed by atoms with Gasteiger partial charge in [0.15, 0.2) is 27.9 Å². The summed E-state index contributed by atoms with van der Waals surface area (Å²) in [7, 11) is 0. The topological polar surface area (TPSA) is 82.2 Å². The maximum absolute atomic E-state index is 12.4. The van der Waals surface area contributed by atoms with Crippen molar-refractivity contribution in [1.29, 1.82) is 0 Å². The average molecular weight is 396 g/mol. The second-order valence-electron chi connectivity index (χ2n) is 6.20. The van der Waals surface area contributed by atoms with E-state index >= 15 is 0 Å². The number of anilines is 1. The molecule has 0 radical (unpaired) electrons. The van der Waals surface area contributed by atoms with Crippen LogP contribution >= 0.6 is 11.3 Å². The summed E-state index contributed by atoms with van der Waals surface area (Å²) < 4.78 is 13.4. The predicted molar refractivity (Wildman–Crippen MR) is 109 cm³/mol. The molecule has 0 saturated carbocycles. The van der Waals surface area contributed by atoms with E-state index in [2.05, 4.69) is 15.4 Å². The van der Waals surface area contributed by atoms with Crippen molar-refractivity contribution >= 4 is 33.3 Å². The van der Waals surface area contributed by atoms with Gasteiger partial charge in [-0.05, 0) is 39.0 Å². The van der Waals surface area contributed by atoms with Gasteiger partial charge in [-0.15, -0.1) is 11.3 Å². The number of aryl methyl sites for hydroxylation is 2. The van der Waals surface area contributed by atoms with Gasteiger partial charge in [-0.25, -0.2) is 4.98 Å². The Morgan fingerprint density at radius 3 is 2.93 bits per heavy atom. The van der Waals surface area contributed by atoms with Crippen LogP contribution in [0.25, 0.3) is 22.4 Å². The Kier molecular flexibility index (Phi) is 4.87. The molecule has 0 saturated heterocycles. The maximum Gasteiger partial charge on any atom is 0.277 e. The van der Waals surface area contributed by atoms with Gasteiger partial charge in [-0.3, -0.25) is 14.8 Å². The van der Waals surface area contributed by atoms with Crippen LogP contribution in [0.15, 0.2) is 40.1 Å². The highest BCUT2D eigenvalue weighted by Crippen LogP contribution is 2.34. The number of nitrogens with zero attached hydrogens (tertiary/aromatic N) is 3. The first kappa shape index (κ1) is 18.2. The first-order chi connectivity index (χ1) is 13.6. The molecular weight excluding hydrogens is 376 g/mol. The predicted octanol–water partition coefficient (Wildman–Crippen LogP) is 4.73. The minimum Gasteiger partial charge on any atom is -0.490 e. The van der Waals surface area contributed by atoms with E-state index in [1.54, 1.807) is 10.7 Å². The van der Waals surface area contributed by atoms with E-state index in [9.17, 15) is 4.79 Å². The van der Waals surface area contributed by atoms with Crippen molar-refractivity contribution in [2.24, 2.45) is 0 Å². The monoisotopic (exact) mass is 396 g/mol. The molecule has 0 aliphatic rings. The molecule has 4 rings (SSSR count). The lowest BCUT2D eigenvalue weighted by atomic mass is 10.2. The van der Waals surface area contributed by atoms with E-state index in [1.165, 1.54) is 11.3 Å². The third-order valence-corrected chi connectivity index (χ3v) is 5.06. The largest absolute Gasteiger partial charge is 0.490 e. The van der Waals surface area contributed by atoms with Crippen LogP contribution in [0.4, 0.5) is 5.13 Å². The van der Waals surface area contributed by atoms with E-state index in [0.717, 1.165) is 17.6 Å². The maximum atomic E-state index is 12.4. The van der Waals surface area contributed by atoms with Crippen molar-refractivity contribution in [2.45, 2.75) is 27.3 Å². The van der Waals surface area contributed by atoms with E-state index in [-0.39, 0.29) is 5.91 Å². The SMILES string of the molecule is CCOc1cccc2cc(-c3csc(NC(=O)c4cc(C)n(CC)n4)n3)oc12. The molecule has 144 valence electrons. The zero-order chi connectivity index (χ0) is 19.7. The Morgan fingerprint density at radius 2 is 2.18 bits per heavy atom. The highest BCUT2D eigenvalue weighted by molar-refractivity contribution is 7.14. The number of furan rings is 1. The van der Waals surface area contributed by atoms with Crippen LogP contribution in [0.2, 0.25) is 0 Å². The molecule has 28 heavy (non-hydrogen) atoms. The summed E-state index contributed by atoms with van der Waals surface area (Å²) in [6.07, 6.45) is 0. The minimum absolute atomic E-state index is 0.278. The Bertz CT molecular complexity index is 1140. The van der Waals surface area contributed by atoms with Gasteiger partial charge in [0.2, 0.25) is 0 Å². The van der Waals surface area contributed by atoms with Gasteiger partial charge in [-0.2, -0.15) is 5.10 Å². The number of ether oxygens (including phenoxy) is 1. The minimum atomic E-state index is -0.278. The zero-order valence-electron chi connectivity index (χ0n) is 15.9. The molecule has 3 heterocycles. The molecule has 0 aliphatic carbocycles. The number of rotatable bonds is 6. The molecule has 0 unspecified atom stereocenters. The summed E-state index contributed by atoms with van der Waals surface area (Å²) in [6.45, 7) is 7.13. The quantitative estimate of drug-likeness (QED) is 0.509. The van der Waals surface area contributed by atoms with E-state index in [0.29, 0.717) is 40.2 Å². The van der Waals surface area contributed by atoms with Gasteiger partial charge in [-0.1, -0.05) is 12.1 Å². The number of amides is 1. The van der Waals surface area contributed by atoms with Crippen LogP contribution in [0.1, 0.15) is 30.0 Å². The first-order valence-corrected chi connectivity index (χ1v) is 9.94. The lowest BCUT2D eigenvalue weighted by Crippen LogP contribution is -2.13. The van der Waals surface area contributed by atoms with Crippen LogP contribution in [0.5, 0.6) is 5.75 Å². The van der Waals surface area contributed by atoms with Crippen LogP contribution in [0.3, 0.4) is 0 Å². The molecule has 8 heteroatoms. The van der Waals surface area contributed by atoms with Gasteiger partial charge in [0.25, 0.3) is 5.91 Å². The van der Waals surface area contributed by atoms with Gasteiger partial charge >= 0.3 is 0 Å². The third kappa shape index (κ3) is 3.38. The van der Waals surface area contributed by atoms with Crippen LogP contribution in [0, 0.1) is 6.92 Å². The highest BCUT2D eigenvalue weighted by atomic mass is 32.1. The zero-order valence-corrected chi connectivity index (χ0v) is 16.7. The number of carbonyl (C=O) groups is 1. The molecule has 3 aromatic heterocycles. The fourth-order valence-electron chi connectivity index (χ4n) is 2.98. The molecule has 4 aromatic rings. The number of aromatic nitrogens is 3. The molecule has 0 atom stereocenters. The number of hydrogen-bond donors (Lipinski definition) is 1. The molecule has 1 N–H and O–H groups in total. The van der Waals surface area contributed by atoms with Crippen molar-refractivity contribution in [2.75, 3.05) is 11.9 Å². The van der Waals surface area contributed by atoms with Crippen LogP contribution in [-0.2, 0) is 6.54 Å². The number of carbonyl (C=O) groups excluding carboxylic acids is 1. The molecule has 1 amide bonds. The Labute approximate surface area is 166 Å². The number of nitrogens with one attached hydrogen (secondary N) is 1.